The van der Waals surface area contributed by atoms with E-state index in [1.165, 1.54) is 41.1 Å². The maximum absolute atomic E-state index is 10.0. The average Bonchev–Trinajstić information content (AvgIpc) is 3.03. The van der Waals surface area contributed by atoms with Crippen molar-refractivity contribution in [3.8, 4) is 11.3 Å². The van der Waals surface area contributed by atoms with Gasteiger partial charge in [-0.1, -0.05) is 39.8 Å². The Morgan fingerprint density at radius 3 is 2.45 bits per heavy atom. The predicted octanol–water partition coefficient (Wildman–Crippen LogP) is 7.16. The van der Waals surface area contributed by atoms with Crippen molar-refractivity contribution >= 4 is 37.4 Å². The smallest absolute Gasteiger partial charge is 0.155 e. The van der Waals surface area contributed by atoms with Crippen LogP contribution in [0.2, 0.25) is 0 Å². The second-order valence-corrected chi connectivity index (χ2v) is 9.63. The molecule has 0 unspecified atom stereocenters. The molecule has 4 nitrogen and oxygen atoms in total. The quantitative estimate of drug-likeness (QED) is 0.147. The summed E-state index contributed by atoms with van der Waals surface area (Å²) < 4.78 is 2.44. The molecule has 0 spiro atoms. The standard InChI is InChI=1S/C22H21N2S.C5H8O2.Ir/c1-13(2)7-16-5-6-18-19(11-16)25-22-20(23-12-24-21(18)22)17-9-14(3)8-15(4)10-17;1-4(6)3-5(2)7;/h5-6,8-9,11-13H,7H2,1-4H3;3,6H,1-2H3;/q-1;;/b;4-3-;. The van der Waals surface area contributed by atoms with Crippen LogP contribution in [0, 0.1) is 25.8 Å². The molecule has 0 saturated heterocycles. The fraction of sp³-hybridized carbons (Fsp3) is 0.296. The van der Waals surface area contributed by atoms with E-state index in [0.717, 1.165) is 33.5 Å². The van der Waals surface area contributed by atoms with Gasteiger partial charge in [-0.25, -0.2) is 4.98 Å². The summed E-state index contributed by atoms with van der Waals surface area (Å²) in [4.78, 5) is 19.2. The van der Waals surface area contributed by atoms with Gasteiger partial charge in [0.25, 0.3) is 0 Å². The monoisotopic (exact) mass is 638 g/mol. The number of aromatic nitrogens is 2. The van der Waals surface area contributed by atoms with Crippen molar-refractivity contribution in [2.45, 2.75) is 48.0 Å². The number of aliphatic hydroxyl groups is 1. The van der Waals surface area contributed by atoms with Crippen molar-refractivity contribution in [3.05, 3.63) is 71.3 Å². The number of rotatable bonds is 4. The van der Waals surface area contributed by atoms with E-state index >= 15 is 0 Å². The van der Waals surface area contributed by atoms with E-state index in [1.807, 2.05) is 0 Å². The van der Waals surface area contributed by atoms with Gasteiger partial charge in [-0.3, -0.25) is 9.78 Å². The minimum absolute atomic E-state index is 0. The number of ketones is 1. The Kier molecular flexibility index (Phi) is 9.47. The van der Waals surface area contributed by atoms with Crippen LogP contribution < -0.4 is 0 Å². The van der Waals surface area contributed by atoms with Crippen LogP contribution in [0.25, 0.3) is 31.6 Å². The first kappa shape index (κ1) is 26.8. The van der Waals surface area contributed by atoms with Crippen molar-refractivity contribution in [2.75, 3.05) is 0 Å². The molecule has 0 amide bonds. The van der Waals surface area contributed by atoms with E-state index in [-0.39, 0.29) is 31.6 Å². The van der Waals surface area contributed by atoms with E-state index < -0.39 is 0 Å². The molecule has 2 aromatic heterocycles. The maximum atomic E-state index is 10.0. The van der Waals surface area contributed by atoms with Gasteiger partial charge in [0.2, 0.25) is 0 Å². The Balaban J connectivity index is 0.000000423. The Bertz CT molecular complexity index is 1280. The molecule has 0 aliphatic carbocycles. The van der Waals surface area contributed by atoms with Gasteiger partial charge < -0.3 is 5.11 Å². The van der Waals surface area contributed by atoms with Crippen LogP contribution in [0.15, 0.2) is 48.5 Å². The largest absolute Gasteiger partial charge is 0.512 e. The van der Waals surface area contributed by atoms with E-state index in [4.69, 9.17) is 5.11 Å². The zero-order valence-electron chi connectivity index (χ0n) is 19.8. The third-order valence-corrected chi connectivity index (χ3v) is 5.92. The molecule has 33 heavy (non-hydrogen) atoms. The molecule has 0 atom stereocenters. The fourth-order valence-electron chi connectivity index (χ4n) is 3.73. The summed E-state index contributed by atoms with van der Waals surface area (Å²) in [6.45, 7) is 11.6. The van der Waals surface area contributed by atoms with Crippen LogP contribution in [0.1, 0.15) is 44.4 Å². The minimum Gasteiger partial charge on any atom is -0.512 e. The zero-order valence-corrected chi connectivity index (χ0v) is 23.0. The zero-order chi connectivity index (χ0) is 23.4. The third kappa shape index (κ3) is 7.04. The molecular formula is C27H29IrN2O2S-. The Labute approximate surface area is 213 Å². The van der Waals surface area contributed by atoms with E-state index in [9.17, 15) is 4.79 Å². The second-order valence-electron chi connectivity index (χ2n) is 8.58. The number of nitrogens with zero attached hydrogens (tertiary/aromatic N) is 2. The number of allylic oxidation sites excluding steroid dienone is 2. The Hall–Kier alpha value is -2.40. The molecular weight excluding hydrogens is 609 g/mol. The summed E-state index contributed by atoms with van der Waals surface area (Å²) >= 11 is 1.79. The molecule has 175 valence electrons. The molecule has 0 bridgehead atoms. The summed E-state index contributed by atoms with van der Waals surface area (Å²) in [6, 6.07) is 14.5. The van der Waals surface area contributed by atoms with Crippen molar-refractivity contribution in [3.63, 3.8) is 0 Å². The van der Waals surface area contributed by atoms with Gasteiger partial charge >= 0.3 is 0 Å². The number of aryl methyl sites for hydroxylation is 2. The van der Waals surface area contributed by atoms with Crippen molar-refractivity contribution in [2.24, 2.45) is 5.92 Å². The molecule has 2 aromatic carbocycles. The van der Waals surface area contributed by atoms with Crippen LogP contribution in [-0.2, 0) is 31.3 Å². The molecule has 4 rings (SSSR count). The van der Waals surface area contributed by atoms with Gasteiger partial charge in [-0.05, 0) is 37.8 Å². The van der Waals surface area contributed by atoms with Crippen LogP contribution >= 0.6 is 11.3 Å². The normalized spacial score (nSPS) is 11.3. The predicted molar refractivity (Wildman–Crippen MR) is 134 cm³/mol. The van der Waals surface area contributed by atoms with Crippen LogP contribution in [0.4, 0.5) is 0 Å². The first-order valence-electron chi connectivity index (χ1n) is 10.7. The maximum Gasteiger partial charge on any atom is 0.155 e. The Morgan fingerprint density at radius 2 is 1.88 bits per heavy atom. The summed E-state index contributed by atoms with van der Waals surface area (Å²) in [5, 5.41) is 9.59. The van der Waals surface area contributed by atoms with Crippen molar-refractivity contribution in [1.29, 1.82) is 0 Å². The van der Waals surface area contributed by atoms with Crippen LogP contribution in [-0.4, -0.2) is 20.9 Å². The number of carbonyl (C=O) groups excluding carboxylic acids is 1. The van der Waals surface area contributed by atoms with Gasteiger partial charge in [0.15, 0.2) is 5.78 Å². The van der Waals surface area contributed by atoms with E-state index in [0.29, 0.717) is 5.92 Å². The molecule has 1 radical (unpaired) electrons. The van der Waals surface area contributed by atoms with Crippen molar-refractivity contribution < 1.29 is 30.0 Å². The summed E-state index contributed by atoms with van der Waals surface area (Å²) in [5.41, 5.74) is 6.86. The van der Waals surface area contributed by atoms with E-state index in [2.05, 4.69) is 74.1 Å². The Morgan fingerprint density at radius 1 is 1.15 bits per heavy atom. The van der Waals surface area contributed by atoms with Gasteiger partial charge in [-0.2, -0.15) is 0 Å². The number of benzene rings is 2. The van der Waals surface area contributed by atoms with Gasteiger partial charge in [-0.15, -0.1) is 46.2 Å². The van der Waals surface area contributed by atoms with Crippen LogP contribution in [0.5, 0.6) is 0 Å². The number of aliphatic hydroxyl groups excluding tert-OH is 1. The molecule has 6 heteroatoms. The minimum atomic E-state index is -0.125. The second kappa shape index (κ2) is 11.6. The third-order valence-electron chi connectivity index (χ3n) is 4.78. The summed E-state index contributed by atoms with van der Waals surface area (Å²) in [5.74, 6) is 0.597. The molecule has 1 N–H and O–H groups in total. The summed E-state index contributed by atoms with van der Waals surface area (Å²) in [7, 11) is 0. The number of hydrogen-bond acceptors (Lipinski definition) is 5. The average molecular weight is 638 g/mol. The van der Waals surface area contributed by atoms with Gasteiger partial charge in [0.05, 0.1) is 11.3 Å². The first-order valence-corrected chi connectivity index (χ1v) is 11.5. The summed E-state index contributed by atoms with van der Waals surface area (Å²) in [6.07, 6.45) is 3.95. The topological polar surface area (TPSA) is 63.1 Å². The van der Waals surface area contributed by atoms with Crippen molar-refractivity contribution in [1.82, 2.24) is 9.97 Å². The van der Waals surface area contributed by atoms with Gasteiger partial charge in [0, 0.05) is 46.7 Å². The molecule has 0 aliphatic rings. The van der Waals surface area contributed by atoms with Crippen LogP contribution in [0.3, 0.4) is 0 Å². The number of fused-ring (bicyclic) bond motifs is 3. The molecule has 0 aliphatic heterocycles. The van der Waals surface area contributed by atoms with E-state index in [1.54, 1.807) is 17.7 Å². The van der Waals surface area contributed by atoms with Gasteiger partial charge in [0.1, 0.15) is 6.33 Å². The first-order chi connectivity index (χ1) is 15.1. The fourth-order valence-corrected chi connectivity index (χ4v) is 4.95. The molecule has 2 heterocycles. The molecule has 0 saturated carbocycles. The number of thiophene rings is 1. The molecule has 0 fully saturated rings. The number of hydrogen-bond donors (Lipinski definition) is 1. The number of carbonyl (C=O) groups is 1. The SMILES string of the molecule is CC(=O)/C=C(/C)O.Cc1[c-]c(-c2ncnc3c2sc2cc(CC(C)C)ccc23)cc(C)c1.[Ir]. The molecule has 4 aromatic rings.